The summed E-state index contributed by atoms with van der Waals surface area (Å²) in [5, 5.41) is 9.10. The normalized spacial score (nSPS) is 16.5. The second-order valence-electron chi connectivity index (χ2n) is 5.91. The fourth-order valence-corrected chi connectivity index (χ4v) is 2.88. The smallest absolute Gasteiger partial charge is 0.304 e. The molecule has 1 aliphatic rings. The summed E-state index contributed by atoms with van der Waals surface area (Å²) in [4.78, 5) is 11.1. The van der Waals surface area contributed by atoms with E-state index in [2.05, 4.69) is 19.9 Å². The molecular formula is C16H22O3. The molecule has 0 spiro atoms. The van der Waals surface area contributed by atoms with Crippen molar-refractivity contribution in [1.82, 2.24) is 0 Å². The number of carbonyl (C=O) groups is 1. The maximum Gasteiger partial charge on any atom is 0.304 e. The SMILES string of the molecule is COc1cc(C)c(C2(CC(=O)O)CC2)cc1C(C)C. The van der Waals surface area contributed by atoms with Crippen LogP contribution in [0.5, 0.6) is 5.75 Å². The lowest BCUT2D eigenvalue weighted by Crippen LogP contribution is -2.15. The van der Waals surface area contributed by atoms with Crippen LogP contribution in [0.25, 0.3) is 0 Å². The molecule has 0 saturated heterocycles. The first-order valence-corrected chi connectivity index (χ1v) is 6.80. The largest absolute Gasteiger partial charge is 0.496 e. The van der Waals surface area contributed by atoms with Crippen molar-refractivity contribution in [2.24, 2.45) is 0 Å². The van der Waals surface area contributed by atoms with Gasteiger partial charge in [-0.05, 0) is 48.4 Å². The van der Waals surface area contributed by atoms with Gasteiger partial charge in [0.1, 0.15) is 5.75 Å². The van der Waals surface area contributed by atoms with Crippen molar-refractivity contribution < 1.29 is 14.6 Å². The van der Waals surface area contributed by atoms with Crippen LogP contribution in [0.2, 0.25) is 0 Å². The molecule has 0 aliphatic heterocycles. The van der Waals surface area contributed by atoms with E-state index >= 15 is 0 Å². The Kier molecular flexibility index (Phi) is 3.57. The average Bonchev–Trinajstić information content (AvgIpc) is 3.07. The van der Waals surface area contributed by atoms with Crippen LogP contribution in [0.3, 0.4) is 0 Å². The van der Waals surface area contributed by atoms with E-state index in [1.807, 2.05) is 13.0 Å². The lowest BCUT2D eigenvalue weighted by Gasteiger charge is -2.21. The number of ether oxygens (including phenoxy) is 1. The molecule has 0 aromatic heterocycles. The maximum atomic E-state index is 11.1. The van der Waals surface area contributed by atoms with Crippen LogP contribution in [0.1, 0.15) is 55.7 Å². The number of rotatable bonds is 5. The first-order chi connectivity index (χ1) is 8.89. The molecule has 0 radical (unpaired) electrons. The highest BCUT2D eigenvalue weighted by Crippen LogP contribution is 2.53. The number of benzene rings is 1. The van der Waals surface area contributed by atoms with Gasteiger partial charge >= 0.3 is 5.97 Å². The minimum absolute atomic E-state index is 0.133. The van der Waals surface area contributed by atoms with Crippen molar-refractivity contribution in [3.63, 3.8) is 0 Å². The van der Waals surface area contributed by atoms with Gasteiger partial charge in [-0.3, -0.25) is 4.79 Å². The third-order valence-electron chi connectivity index (χ3n) is 4.11. The number of hydrogen-bond donors (Lipinski definition) is 1. The lowest BCUT2D eigenvalue weighted by atomic mass is 9.85. The summed E-state index contributed by atoms with van der Waals surface area (Å²) >= 11 is 0. The third kappa shape index (κ3) is 2.60. The Bertz CT molecular complexity index is 499. The summed E-state index contributed by atoms with van der Waals surface area (Å²) in [5.41, 5.74) is 3.37. The number of aryl methyl sites for hydroxylation is 1. The fraction of sp³-hybridized carbons (Fsp3) is 0.562. The molecule has 1 fully saturated rings. The van der Waals surface area contributed by atoms with Crippen molar-refractivity contribution in [2.75, 3.05) is 7.11 Å². The van der Waals surface area contributed by atoms with Gasteiger partial charge < -0.3 is 9.84 Å². The predicted molar refractivity (Wildman–Crippen MR) is 75.0 cm³/mol. The molecule has 0 bridgehead atoms. The Labute approximate surface area is 114 Å². The molecule has 0 atom stereocenters. The fourth-order valence-electron chi connectivity index (χ4n) is 2.88. The zero-order valence-corrected chi connectivity index (χ0v) is 12.1. The molecule has 1 N–H and O–H groups in total. The summed E-state index contributed by atoms with van der Waals surface area (Å²) in [6.07, 6.45) is 2.19. The Morgan fingerprint density at radius 2 is 2.05 bits per heavy atom. The molecule has 0 amide bonds. The molecule has 3 heteroatoms. The highest BCUT2D eigenvalue weighted by molar-refractivity contribution is 5.70. The molecule has 1 aliphatic carbocycles. The molecule has 1 aromatic rings. The third-order valence-corrected chi connectivity index (χ3v) is 4.11. The second kappa shape index (κ2) is 4.87. The molecule has 2 rings (SSSR count). The van der Waals surface area contributed by atoms with E-state index in [-0.39, 0.29) is 11.8 Å². The van der Waals surface area contributed by atoms with Gasteiger partial charge in [-0.2, -0.15) is 0 Å². The van der Waals surface area contributed by atoms with Crippen LogP contribution < -0.4 is 4.74 Å². The first kappa shape index (κ1) is 13.9. The van der Waals surface area contributed by atoms with Gasteiger partial charge in [-0.25, -0.2) is 0 Å². The number of methoxy groups -OCH3 is 1. The van der Waals surface area contributed by atoms with Gasteiger partial charge in [0.25, 0.3) is 0 Å². The molecule has 1 saturated carbocycles. The van der Waals surface area contributed by atoms with E-state index in [9.17, 15) is 4.79 Å². The quantitative estimate of drug-likeness (QED) is 0.881. The number of aliphatic carboxylic acids is 1. The van der Waals surface area contributed by atoms with Crippen molar-refractivity contribution in [3.8, 4) is 5.75 Å². The zero-order chi connectivity index (χ0) is 14.2. The van der Waals surface area contributed by atoms with Crippen LogP contribution in [0.15, 0.2) is 12.1 Å². The number of hydrogen-bond acceptors (Lipinski definition) is 2. The Morgan fingerprint density at radius 1 is 1.42 bits per heavy atom. The van der Waals surface area contributed by atoms with Gasteiger partial charge in [0.05, 0.1) is 13.5 Å². The minimum Gasteiger partial charge on any atom is -0.496 e. The van der Waals surface area contributed by atoms with E-state index in [1.54, 1.807) is 7.11 Å². The first-order valence-electron chi connectivity index (χ1n) is 6.80. The van der Waals surface area contributed by atoms with Gasteiger partial charge in [0.2, 0.25) is 0 Å². The van der Waals surface area contributed by atoms with Crippen LogP contribution in [-0.4, -0.2) is 18.2 Å². The molecule has 0 heterocycles. The molecule has 1 aromatic carbocycles. The van der Waals surface area contributed by atoms with Crippen LogP contribution >= 0.6 is 0 Å². The van der Waals surface area contributed by atoms with Gasteiger partial charge in [-0.1, -0.05) is 19.9 Å². The summed E-state index contributed by atoms with van der Waals surface area (Å²) in [5.74, 6) is 0.566. The van der Waals surface area contributed by atoms with Crippen molar-refractivity contribution >= 4 is 5.97 Å². The van der Waals surface area contributed by atoms with Crippen molar-refractivity contribution in [2.45, 2.75) is 51.4 Å². The molecule has 3 nitrogen and oxygen atoms in total. The summed E-state index contributed by atoms with van der Waals surface area (Å²) in [6, 6.07) is 4.21. The molecule has 104 valence electrons. The van der Waals surface area contributed by atoms with Gasteiger partial charge in [-0.15, -0.1) is 0 Å². The highest BCUT2D eigenvalue weighted by Gasteiger charge is 2.47. The van der Waals surface area contributed by atoms with Crippen LogP contribution in [-0.2, 0) is 10.2 Å². The molecule has 0 unspecified atom stereocenters. The maximum absolute atomic E-state index is 11.1. The Morgan fingerprint density at radius 3 is 2.47 bits per heavy atom. The van der Waals surface area contributed by atoms with Crippen molar-refractivity contribution in [3.05, 3.63) is 28.8 Å². The van der Waals surface area contributed by atoms with E-state index in [0.29, 0.717) is 5.92 Å². The molecular weight excluding hydrogens is 240 g/mol. The average molecular weight is 262 g/mol. The van der Waals surface area contributed by atoms with Crippen LogP contribution in [0, 0.1) is 6.92 Å². The van der Waals surface area contributed by atoms with Crippen molar-refractivity contribution in [1.29, 1.82) is 0 Å². The highest BCUT2D eigenvalue weighted by atomic mass is 16.5. The monoisotopic (exact) mass is 262 g/mol. The van der Waals surface area contributed by atoms with E-state index < -0.39 is 5.97 Å². The summed E-state index contributed by atoms with van der Waals surface area (Å²) in [6.45, 7) is 6.31. The predicted octanol–water partition coefficient (Wildman–Crippen LogP) is 3.63. The van der Waals surface area contributed by atoms with Gasteiger partial charge in [0, 0.05) is 5.41 Å². The molecule has 19 heavy (non-hydrogen) atoms. The number of carboxylic acid groups (broad SMARTS) is 1. The van der Waals surface area contributed by atoms with E-state index in [0.717, 1.165) is 24.2 Å². The summed E-state index contributed by atoms with van der Waals surface area (Å²) in [7, 11) is 1.68. The van der Waals surface area contributed by atoms with E-state index in [1.165, 1.54) is 11.1 Å². The Hall–Kier alpha value is -1.51. The van der Waals surface area contributed by atoms with E-state index in [4.69, 9.17) is 9.84 Å². The minimum atomic E-state index is -0.709. The lowest BCUT2D eigenvalue weighted by molar-refractivity contribution is -0.137. The summed E-state index contributed by atoms with van der Waals surface area (Å²) < 4.78 is 5.44. The second-order valence-corrected chi connectivity index (χ2v) is 5.91. The standard InChI is InChI=1S/C16H22O3/c1-10(2)12-8-13(11(3)7-14(12)19-4)16(5-6-16)9-15(17)18/h7-8,10H,5-6,9H2,1-4H3,(H,17,18). The number of carboxylic acids is 1. The van der Waals surface area contributed by atoms with Crippen LogP contribution in [0.4, 0.5) is 0 Å². The van der Waals surface area contributed by atoms with Gasteiger partial charge in [0.15, 0.2) is 0 Å². The topological polar surface area (TPSA) is 46.5 Å². The zero-order valence-electron chi connectivity index (χ0n) is 12.1. The Balaban J connectivity index is 2.47.